The number of unbranched alkanes of at least 4 members (excludes halogenated alkanes) is 19. The van der Waals surface area contributed by atoms with Gasteiger partial charge in [0.05, 0.1) is 0 Å². The summed E-state index contributed by atoms with van der Waals surface area (Å²) in [7, 11) is 0. The van der Waals surface area contributed by atoms with E-state index in [1.54, 1.807) is 0 Å². The van der Waals surface area contributed by atoms with Crippen molar-refractivity contribution in [1.29, 1.82) is 0 Å². The van der Waals surface area contributed by atoms with E-state index in [0.717, 1.165) is 83.5 Å². The summed E-state index contributed by atoms with van der Waals surface area (Å²) in [6.07, 6.45) is 53.7. The van der Waals surface area contributed by atoms with Gasteiger partial charge in [0, 0.05) is 12.8 Å². The number of carboxylic acids is 1. The molecule has 298 valence electrons. The highest BCUT2D eigenvalue weighted by Crippen LogP contribution is 2.16. The monoisotopic (exact) mass is 726 g/mol. The van der Waals surface area contributed by atoms with Crippen LogP contribution in [0.5, 0.6) is 0 Å². The number of esters is 1. The first-order valence-electron chi connectivity index (χ1n) is 21.4. The van der Waals surface area contributed by atoms with Crippen LogP contribution in [0.3, 0.4) is 0 Å². The van der Waals surface area contributed by atoms with Crippen molar-refractivity contribution in [2.45, 2.75) is 206 Å². The zero-order chi connectivity index (χ0) is 38.0. The van der Waals surface area contributed by atoms with Gasteiger partial charge in [0.2, 0.25) is 5.91 Å². The molecule has 1 unspecified atom stereocenters. The molecule has 0 heterocycles. The number of hydrogen-bond donors (Lipinski definition) is 2. The Balaban J connectivity index is 4.07. The summed E-state index contributed by atoms with van der Waals surface area (Å²) in [6.45, 7) is 4.09. The minimum Gasteiger partial charge on any atom is -0.480 e. The van der Waals surface area contributed by atoms with Gasteiger partial charge >= 0.3 is 11.9 Å². The molecular formula is C46H79NO5. The van der Waals surface area contributed by atoms with E-state index in [4.69, 9.17) is 9.84 Å². The first-order chi connectivity index (χ1) is 25.5. The predicted octanol–water partition coefficient (Wildman–Crippen LogP) is 13.2. The average molecular weight is 726 g/mol. The molecule has 1 atom stereocenters. The molecule has 0 saturated heterocycles. The van der Waals surface area contributed by atoms with E-state index in [1.807, 2.05) is 0 Å². The highest BCUT2D eigenvalue weighted by Gasteiger charge is 2.11. The van der Waals surface area contributed by atoms with Gasteiger partial charge in [0.15, 0.2) is 0 Å². The van der Waals surface area contributed by atoms with Gasteiger partial charge in [0.25, 0.3) is 0 Å². The first kappa shape index (κ1) is 49.1. The van der Waals surface area contributed by atoms with Crippen LogP contribution in [0.15, 0.2) is 60.8 Å². The zero-order valence-corrected chi connectivity index (χ0v) is 33.6. The van der Waals surface area contributed by atoms with Gasteiger partial charge in [-0.3, -0.25) is 14.4 Å². The molecule has 0 aliphatic rings. The molecule has 1 amide bonds. The number of carboxylic acid groups (broad SMARTS) is 1. The summed E-state index contributed by atoms with van der Waals surface area (Å²) in [4.78, 5) is 34.9. The third-order valence-electron chi connectivity index (χ3n) is 9.16. The molecule has 0 bridgehead atoms. The number of amides is 1. The Kier molecular flexibility index (Phi) is 38.6. The summed E-state index contributed by atoms with van der Waals surface area (Å²) >= 11 is 0. The van der Waals surface area contributed by atoms with Crippen molar-refractivity contribution in [2.24, 2.45) is 0 Å². The van der Waals surface area contributed by atoms with Crippen molar-refractivity contribution >= 4 is 17.8 Å². The van der Waals surface area contributed by atoms with Crippen LogP contribution in [-0.2, 0) is 19.1 Å². The maximum absolute atomic E-state index is 12.7. The van der Waals surface area contributed by atoms with Crippen LogP contribution in [0.25, 0.3) is 0 Å². The highest BCUT2D eigenvalue weighted by molar-refractivity contribution is 5.80. The lowest BCUT2D eigenvalue weighted by Gasteiger charge is -2.14. The molecule has 0 spiro atoms. The molecule has 0 aromatic rings. The predicted molar refractivity (Wildman–Crippen MR) is 221 cm³/mol. The number of aliphatic carboxylic acids is 1. The van der Waals surface area contributed by atoms with E-state index in [-0.39, 0.29) is 24.5 Å². The normalized spacial score (nSPS) is 12.7. The Morgan fingerprint density at radius 3 is 1.56 bits per heavy atom. The molecule has 0 radical (unpaired) electrons. The van der Waals surface area contributed by atoms with Crippen LogP contribution >= 0.6 is 0 Å². The fraction of sp³-hybridized carbons (Fsp3) is 0.717. The molecule has 0 rings (SSSR count). The third kappa shape index (κ3) is 39.9. The lowest BCUT2D eigenvalue weighted by atomic mass is 10.0. The lowest BCUT2D eigenvalue weighted by molar-refractivity contribution is -0.147. The van der Waals surface area contributed by atoms with Gasteiger partial charge in [-0.2, -0.15) is 0 Å². The minimum atomic E-state index is -1.02. The number of nitrogens with one attached hydrogen (secondary N) is 1. The Hall–Kier alpha value is -2.89. The van der Waals surface area contributed by atoms with Gasteiger partial charge in [-0.15, -0.1) is 0 Å². The van der Waals surface area contributed by atoms with Gasteiger partial charge in [-0.25, -0.2) is 0 Å². The largest absolute Gasteiger partial charge is 0.480 e. The van der Waals surface area contributed by atoms with E-state index >= 15 is 0 Å². The number of ether oxygens (including phenoxy) is 1. The Morgan fingerprint density at radius 1 is 0.538 bits per heavy atom. The number of carbonyl (C=O) groups is 3. The summed E-state index contributed by atoms with van der Waals surface area (Å²) < 4.78 is 5.91. The summed E-state index contributed by atoms with van der Waals surface area (Å²) in [5.41, 5.74) is 0. The Labute approximate surface area is 320 Å². The molecule has 0 saturated carbocycles. The van der Waals surface area contributed by atoms with Gasteiger partial charge in [0.1, 0.15) is 12.6 Å². The van der Waals surface area contributed by atoms with Crippen LogP contribution in [0, 0.1) is 0 Å². The summed E-state index contributed by atoms with van der Waals surface area (Å²) in [6, 6.07) is 0. The van der Waals surface area contributed by atoms with Crippen LogP contribution in [-0.4, -0.2) is 35.6 Å². The van der Waals surface area contributed by atoms with E-state index in [1.165, 1.54) is 89.9 Å². The van der Waals surface area contributed by atoms with Gasteiger partial charge in [-0.05, 0) is 83.1 Å². The fourth-order valence-corrected chi connectivity index (χ4v) is 6.01. The average Bonchev–Trinajstić information content (AvgIpc) is 3.13. The van der Waals surface area contributed by atoms with Crippen LogP contribution in [0.4, 0.5) is 0 Å². The van der Waals surface area contributed by atoms with Crippen LogP contribution in [0.2, 0.25) is 0 Å². The quantitative estimate of drug-likeness (QED) is 0.0375. The van der Waals surface area contributed by atoms with E-state index in [9.17, 15) is 14.4 Å². The zero-order valence-electron chi connectivity index (χ0n) is 33.6. The molecule has 6 heteroatoms. The Bertz CT molecular complexity index is 979. The summed E-state index contributed by atoms with van der Waals surface area (Å²) in [5, 5.41) is 11.0. The molecule has 2 N–H and O–H groups in total. The van der Waals surface area contributed by atoms with Crippen LogP contribution < -0.4 is 5.32 Å². The van der Waals surface area contributed by atoms with Crippen molar-refractivity contribution in [3.63, 3.8) is 0 Å². The van der Waals surface area contributed by atoms with Crippen molar-refractivity contribution < 1.29 is 24.2 Å². The number of hydrogen-bond acceptors (Lipinski definition) is 4. The standard InChI is InChI=1S/C46H79NO5/c1-3-5-7-9-11-13-14-15-16-17-18-19-20-21-22-23-24-25-27-33-37-41-46(51)52-43(38-34-30-26-12-10-8-6-4-2)39-35-31-28-29-32-36-40-44(48)47-42-45(49)50/h6,8,12,14-15,17-18,26,34,38,43H,3-5,7,9-11,13,16,19-25,27-33,35-37,39-42H2,1-2H3,(H,47,48)(H,49,50)/b8-6-,15-14-,18-17-,26-12-,38-34-. The van der Waals surface area contributed by atoms with Crippen molar-refractivity contribution in [1.82, 2.24) is 5.32 Å². The lowest BCUT2D eigenvalue weighted by Crippen LogP contribution is -2.28. The third-order valence-corrected chi connectivity index (χ3v) is 9.16. The Morgan fingerprint density at radius 2 is 1.00 bits per heavy atom. The first-order valence-corrected chi connectivity index (χ1v) is 21.4. The number of allylic oxidation sites excluding steroid dienone is 9. The molecular weight excluding hydrogens is 647 g/mol. The minimum absolute atomic E-state index is 0.0843. The van der Waals surface area contributed by atoms with Crippen molar-refractivity contribution in [3.8, 4) is 0 Å². The van der Waals surface area contributed by atoms with Gasteiger partial charge in [-0.1, -0.05) is 165 Å². The number of carbonyl (C=O) groups excluding carboxylic acids is 2. The smallest absolute Gasteiger partial charge is 0.322 e. The maximum atomic E-state index is 12.7. The fourth-order valence-electron chi connectivity index (χ4n) is 6.01. The van der Waals surface area contributed by atoms with Crippen molar-refractivity contribution in [3.05, 3.63) is 60.8 Å². The number of rotatable bonds is 38. The molecule has 52 heavy (non-hydrogen) atoms. The molecule has 0 aliphatic carbocycles. The van der Waals surface area contributed by atoms with Crippen LogP contribution in [0.1, 0.15) is 200 Å². The second kappa shape index (κ2) is 40.9. The molecule has 0 aliphatic heterocycles. The van der Waals surface area contributed by atoms with E-state index < -0.39 is 5.97 Å². The molecule has 0 aromatic heterocycles. The van der Waals surface area contributed by atoms with Crippen molar-refractivity contribution in [2.75, 3.05) is 6.54 Å². The van der Waals surface area contributed by atoms with E-state index in [2.05, 4.69) is 79.9 Å². The van der Waals surface area contributed by atoms with E-state index in [0.29, 0.717) is 12.8 Å². The highest BCUT2D eigenvalue weighted by atomic mass is 16.5. The molecule has 6 nitrogen and oxygen atoms in total. The second-order valence-electron chi connectivity index (χ2n) is 14.2. The summed E-state index contributed by atoms with van der Waals surface area (Å²) in [5.74, 6) is -1.31. The topological polar surface area (TPSA) is 92.7 Å². The second-order valence-corrected chi connectivity index (χ2v) is 14.2. The van der Waals surface area contributed by atoms with Gasteiger partial charge < -0.3 is 15.2 Å². The molecule has 0 aromatic carbocycles. The molecule has 0 fully saturated rings. The maximum Gasteiger partial charge on any atom is 0.322 e. The SMILES string of the molecule is CC/C=C\C/C=C\C/C=C\C(CCCCCCCCC(=O)NCC(=O)O)OC(=O)CCCCCCCCCCC/C=C\C/C=C\CCCCCCC.